The van der Waals surface area contributed by atoms with Crippen molar-refractivity contribution in [1.82, 2.24) is 5.32 Å². The van der Waals surface area contributed by atoms with Crippen LogP contribution in [0.25, 0.3) is 0 Å². The third-order valence-electron chi connectivity index (χ3n) is 3.24. The smallest absolute Gasteiger partial charge is 0.149 e. The minimum Gasteiger partial charge on any atom is -0.308 e. The normalized spacial score (nSPS) is 14.8. The Hall–Kier alpha value is -0.960. The second-order valence-corrected chi connectivity index (χ2v) is 4.60. The lowest BCUT2D eigenvalue weighted by molar-refractivity contribution is -0.122. The predicted octanol–water partition coefficient (Wildman–Crippen LogP) is 2.65. The van der Waals surface area contributed by atoms with E-state index in [1.54, 1.807) is 6.92 Å². The zero-order valence-electron chi connectivity index (χ0n) is 11.3. The van der Waals surface area contributed by atoms with Crippen molar-refractivity contribution in [3.63, 3.8) is 0 Å². The van der Waals surface area contributed by atoms with Crippen molar-refractivity contribution in [3.05, 3.63) is 12.2 Å². The first kappa shape index (κ1) is 16.0. The maximum absolute atomic E-state index is 11.4. The lowest BCUT2D eigenvalue weighted by Crippen LogP contribution is -2.46. The molecule has 0 aliphatic rings. The number of carbonyl (C=O) groups is 2. The molecule has 0 bridgehead atoms. The minimum atomic E-state index is -0.384. The summed E-state index contributed by atoms with van der Waals surface area (Å²) in [4.78, 5) is 21.5. The molecule has 1 atom stereocenters. The summed E-state index contributed by atoms with van der Waals surface area (Å²) in [5.41, 5.74) is -0.384. The van der Waals surface area contributed by atoms with Crippen molar-refractivity contribution in [2.45, 2.75) is 57.9 Å². The van der Waals surface area contributed by atoms with Crippen molar-refractivity contribution in [1.29, 1.82) is 0 Å². The molecule has 0 spiro atoms. The highest BCUT2D eigenvalue weighted by Gasteiger charge is 2.26. The van der Waals surface area contributed by atoms with Crippen LogP contribution in [0.1, 0.15) is 52.4 Å². The molecule has 0 aliphatic carbocycles. The number of Topliss-reactive ketones (excluding diaryl/α,β-unsaturated/α-hetero) is 1. The molecule has 0 rings (SSSR count). The highest BCUT2D eigenvalue weighted by Crippen LogP contribution is 2.14. The van der Waals surface area contributed by atoms with Crippen LogP contribution in [0.15, 0.2) is 12.2 Å². The fourth-order valence-corrected chi connectivity index (χ4v) is 1.61. The molecule has 0 aromatic rings. The number of hydrogen-bond acceptors (Lipinski definition) is 3. The van der Waals surface area contributed by atoms with Gasteiger partial charge in [-0.3, -0.25) is 4.79 Å². The van der Waals surface area contributed by atoms with E-state index < -0.39 is 0 Å². The molecular weight excluding hydrogens is 214 g/mol. The summed E-state index contributed by atoms with van der Waals surface area (Å²) in [7, 11) is 1.83. The SMILES string of the molecule is CNC(C)(CCC/C=C\CCCC=O)C(C)=O. The molecule has 0 fully saturated rings. The van der Waals surface area contributed by atoms with Gasteiger partial charge in [0.1, 0.15) is 12.1 Å². The Morgan fingerprint density at radius 2 is 1.76 bits per heavy atom. The number of hydrogen-bond donors (Lipinski definition) is 1. The third-order valence-corrected chi connectivity index (χ3v) is 3.24. The highest BCUT2D eigenvalue weighted by molar-refractivity contribution is 5.85. The van der Waals surface area contributed by atoms with Crippen molar-refractivity contribution in [2.75, 3.05) is 7.05 Å². The molecule has 0 aromatic carbocycles. The fraction of sp³-hybridized carbons (Fsp3) is 0.714. The first-order valence-electron chi connectivity index (χ1n) is 6.35. The van der Waals surface area contributed by atoms with E-state index in [9.17, 15) is 9.59 Å². The van der Waals surface area contributed by atoms with Gasteiger partial charge in [-0.1, -0.05) is 12.2 Å². The molecule has 3 heteroatoms. The van der Waals surface area contributed by atoms with Crippen LogP contribution in [0.3, 0.4) is 0 Å². The molecule has 0 radical (unpaired) electrons. The van der Waals surface area contributed by atoms with E-state index in [0.29, 0.717) is 6.42 Å². The molecule has 98 valence electrons. The van der Waals surface area contributed by atoms with Crippen LogP contribution in [-0.4, -0.2) is 24.7 Å². The summed E-state index contributed by atoms with van der Waals surface area (Å²) in [6.45, 7) is 3.58. The number of likely N-dealkylation sites (N-methyl/N-ethyl adjacent to an activating group) is 1. The predicted molar refractivity (Wildman–Crippen MR) is 71.1 cm³/mol. The van der Waals surface area contributed by atoms with E-state index in [-0.39, 0.29) is 11.3 Å². The Morgan fingerprint density at radius 3 is 2.24 bits per heavy atom. The fourth-order valence-electron chi connectivity index (χ4n) is 1.61. The Labute approximate surface area is 105 Å². The monoisotopic (exact) mass is 239 g/mol. The van der Waals surface area contributed by atoms with Gasteiger partial charge in [0.25, 0.3) is 0 Å². The molecule has 1 unspecified atom stereocenters. The van der Waals surface area contributed by atoms with Crippen LogP contribution in [0, 0.1) is 0 Å². The first-order valence-corrected chi connectivity index (χ1v) is 6.35. The summed E-state index contributed by atoms with van der Waals surface area (Å²) >= 11 is 0. The average molecular weight is 239 g/mol. The number of carbonyl (C=O) groups excluding carboxylic acids is 2. The van der Waals surface area contributed by atoms with Crippen LogP contribution >= 0.6 is 0 Å². The molecule has 3 nitrogen and oxygen atoms in total. The number of nitrogens with one attached hydrogen (secondary N) is 1. The van der Waals surface area contributed by atoms with Gasteiger partial charge in [0, 0.05) is 6.42 Å². The summed E-state index contributed by atoms with van der Waals surface area (Å²) in [5, 5.41) is 3.08. The van der Waals surface area contributed by atoms with E-state index in [4.69, 9.17) is 0 Å². The number of unbranched alkanes of at least 4 members (excludes halogenated alkanes) is 3. The van der Waals surface area contributed by atoms with Crippen LogP contribution < -0.4 is 5.32 Å². The maximum Gasteiger partial charge on any atom is 0.149 e. The van der Waals surface area contributed by atoms with E-state index >= 15 is 0 Å². The van der Waals surface area contributed by atoms with E-state index in [2.05, 4.69) is 17.5 Å². The van der Waals surface area contributed by atoms with Gasteiger partial charge < -0.3 is 10.1 Å². The molecule has 0 amide bonds. The second-order valence-electron chi connectivity index (χ2n) is 4.60. The van der Waals surface area contributed by atoms with Crippen molar-refractivity contribution in [2.24, 2.45) is 0 Å². The molecule has 0 aromatic heterocycles. The van der Waals surface area contributed by atoms with Gasteiger partial charge in [-0.25, -0.2) is 0 Å². The minimum absolute atomic E-state index is 0.190. The average Bonchev–Trinajstić information content (AvgIpc) is 2.32. The third kappa shape index (κ3) is 7.05. The van der Waals surface area contributed by atoms with Gasteiger partial charge in [0.15, 0.2) is 0 Å². The quantitative estimate of drug-likeness (QED) is 0.362. The summed E-state index contributed by atoms with van der Waals surface area (Å²) in [6, 6.07) is 0. The van der Waals surface area contributed by atoms with Crippen molar-refractivity contribution >= 4 is 12.1 Å². The van der Waals surface area contributed by atoms with E-state index in [1.165, 1.54) is 0 Å². The lowest BCUT2D eigenvalue weighted by atomic mass is 9.91. The van der Waals surface area contributed by atoms with Gasteiger partial charge in [-0.2, -0.15) is 0 Å². The lowest BCUT2D eigenvalue weighted by Gasteiger charge is -2.25. The molecular formula is C14H25NO2. The number of ketones is 1. The Bertz CT molecular complexity index is 261. The van der Waals surface area contributed by atoms with Gasteiger partial charge in [-0.05, 0) is 53.0 Å². The molecule has 1 N–H and O–H groups in total. The zero-order chi connectivity index (χ0) is 13.1. The number of allylic oxidation sites excluding steroid dienone is 2. The number of aldehydes is 1. The van der Waals surface area contributed by atoms with E-state index in [1.807, 2.05) is 14.0 Å². The Balaban J connectivity index is 3.69. The van der Waals surface area contributed by atoms with Crippen LogP contribution in [-0.2, 0) is 9.59 Å². The molecule has 0 saturated carbocycles. The van der Waals surface area contributed by atoms with Gasteiger partial charge >= 0.3 is 0 Å². The van der Waals surface area contributed by atoms with Crippen LogP contribution in [0.2, 0.25) is 0 Å². The highest BCUT2D eigenvalue weighted by atomic mass is 16.1. The topological polar surface area (TPSA) is 46.2 Å². The van der Waals surface area contributed by atoms with Crippen molar-refractivity contribution < 1.29 is 9.59 Å². The van der Waals surface area contributed by atoms with Crippen LogP contribution in [0.4, 0.5) is 0 Å². The molecule has 17 heavy (non-hydrogen) atoms. The zero-order valence-corrected chi connectivity index (χ0v) is 11.3. The van der Waals surface area contributed by atoms with Crippen LogP contribution in [0.5, 0.6) is 0 Å². The molecule has 0 saturated heterocycles. The summed E-state index contributed by atoms with van der Waals surface area (Å²) in [5.74, 6) is 0.190. The summed E-state index contributed by atoms with van der Waals surface area (Å²) < 4.78 is 0. The molecule has 0 aliphatic heterocycles. The van der Waals surface area contributed by atoms with Crippen molar-refractivity contribution in [3.8, 4) is 0 Å². The van der Waals surface area contributed by atoms with Gasteiger partial charge in [0.2, 0.25) is 0 Å². The van der Waals surface area contributed by atoms with Gasteiger partial charge in [-0.15, -0.1) is 0 Å². The maximum atomic E-state index is 11.4. The summed E-state index contributed by atoms with van der Waals surface area (Å²) in [6.07, 6.45) is 10.6. The molecule has 0 heterocycles. The second kappa shape index (κ2) is 9.11. The Kier molecular flexibility index (Phi) is 8.60. The standard InChI is InChI=1S/C14H25NO2/c1-13(17)14(2,15-3)11-9-7-5-4-6-8-10-12-16/h4-5,12,15H,6-11H2,1-3H3/b5-4-. The number of rotatable bonds is 10. The van der Waals surface area contributed by atoms with Gasteiger partial charge in [0.05, 0.1) is 5.54 Å². The first-order chi connectivity index (χ1) is 8.06. The van der Waals surface area contributed by atoms with E-state index in [0.717, 1.165) is 38.4 Å². The largest absolute Gasteiger partial charge is 0.308 e. The Morgan fingerprint density at radius 1 is 1.18 bits per heavy atom.